The third-order valence-electron chi connectivity index (χ3n) is 3.62. The van der Waals surface area contributed by atoms with Gasteiger partial charge in [0.25, 0.3) is 0 Å². The highest BCUT2D eigenvalue weighted by Crippen LogP contribution is 2.14. The summed E-state index contributed by atoms with van der Waals surface area (Å²) in [6, 6.07) is 11.5. The maximum absolute atomic E-state index is 12.9. The van der Waals surface area contributed by atoms with Gasteiger partial charge in [0.05, 0.1) is 0 Å². The summed E-state index contributed by atoms with van der Waals surface area (Å²) in [5, 5.41) is 2.67. The second-order valence-electron chi connectivity index (χ2n) is 5.72. The van der Waals surface area contributed by atoms with Crippen molar-refractivity contribution < 1.29 is 28.2 Å². The number of ketones is 1. The fraction of sp³-hybridized carbons (Fsp3) is 0.250. The van der Waals surface area contributed by atoms with Crippen LogP contribution < -0.4 is 10.1 Å². The molecule has 27 heavy (non-hydrogen) atoms. The number of ether oxygens (including phenoxy) is 2. The van der Waals surface area contributed by atoms with Crippen LogP contribution in [0.2, 0.25) is 0 Å². The van der Waals surface area contributed by atoms with Crippen molar-refractivity contribution in [2.45, 2.75) is 26.4 Å². The van der Waals surface area contributed by atoms with E-state index < -0.39 is 24.5 Å². The van der Waals surface area contributed by atoms with Crippen LogP contribution in [0.3, 0.4) is 0 Å². The smallest absolute Gasteiger partial charge is 0.347 e. The van der Waals surface area contributed by atoms with Crippen LogP contribution in [0, 0.1) is 5.82 Å². The molecule has 2 aromatic rings. The van der Waals surface area contributed by atoms with Gasteiger partial charge in [0.15, 0.2) is 18.5 Å². The monoisotopic (exact) mass is 373 g/mol. The molecule has 0 unspecified atom stereocenters. The van der Waals surface area contributed by atoms with E-state index in [1.165, 1.54) is 31.2 Å². The lowest BCUT2D eigenvalue weighted by atomic mass is 10.1. The highest BCUT2D eigenvalue weighted by atomic mass is 19.1. The number of nitrogens with one attached hydrogen (secondary N) is 1. The Morgan fingerprint density at radius 1 is 1.04 bits per heavy atom. The van der Waals surface area contributed by atoms with Crippen molar-refractivity contribution in [3.05, 3.63) is 59.9 Å². The van der Waals surface area contributed by atoms with E-state index in [2.05, 4.69) is 5.32 Å². The van der Waals surface area contributed by atoms with Gasteiger partial charge in [-0.05, 0) is 55.5 Å². The molecule has 0 aromatic heterocycles. The van der Waals surface area contributed by atoms with Crippen LogP contribution >= 0.6 is 0 Å². The van der Waals surface area contributed by atoms with Crippen molar-refractivity contribution in [3.8, 4) is 5.75 Å². The van der Waals surface area contributed by atoms with Crippen LogP contribution in [0.4, 0.5) is 10.1 Å². The van der Waals surface area contributed by atoms with Crippen molar-refractivity contribution in [3.63, 3.8) is 0 Å². The predicted molar refractivity (Wildman–Crippen MR) is 97.1 cm³/mol. The summed E-state index contributed by atoms with van der Waals surface area (Å²) in [7, 11) is 0. The average molecular weight is 373 g/mol. The first kappa shape index (κ1) is 20.1. The lowest BCUT2D eigenvalue weighted by molar-refractivity contribution is -0.149. The number of hydrogen-bond donors (Lipinski definition) is 1. The Morgan fingerprint density at radius 3 is 2.26 bits per heavy atom. The van der Waals surface area contributed by atoms with Crippen molar-refractivity contribution in [1.82, 2.24) is 0 Å². The second kappa shape index (κ2) is 9.47. The van der Waals surface area contributed by atoms with E-state index in [9.17, 15) is 18.8 Å². The van der Waals surface area contributed by atoms with Gasteiger partial charge in [-0.2, -0.15) is 0 Å². The zero-order valence-corrected chi connectivity index (χ0v) is 15.0. The Bertz CT molecular complexity index is 802. The average Bonchev–Trinajstić information content (AvgIpc) is 2.68. The van der Waals surface area contributed by atoms with E-state index >= 15 is 0 Å². The molecule has 0 spiro atoms. The maximum Gasteiger partial charge on any atom is 0.347 e. The number of hydrogen-bond acceptors (Lipinski definition) is 5. The predicted octanol–water partition coefficient (Wildman–Crippen LogP) is 3.37. The number of carbonyl (C=O) groups is 3. The van der Waals surface area contributed by atoms with Gasteiger partial charge in [-0.3, -0.25) is 9.59 Å². The Morgan fingerprint density at radius 2 is 1.67 bits per heavy atom. The zero-order chi connectivity index (χ0) is 19.8. The van der Waals surface area contributed by atoms with Gasteiger partial charge in [0, 0.05) is 17.7 Å². The minimum absolute atomic E-state index is 0.127. The number of amides is 1. The van der Waals surface area contributed by atoms with E-state index in [0.717, 1.165) is 0 Å². The summed E-state index contributed by atoms with van der Waals surface area (Å²) in [6.07, 6.45) is -0.593. The Hall–Kier alpha value is -3.22. The molecule has 0 radical (unpaired) electrons. The molecule has 2 aromatic carbocycles. The van der Waals surface area contributed by atoms with Crippen LogP contribution in [-0.4, -0.2) is 30.4 Å². The molecule has 0 aliphatic rings. The topological polar surface area (TPSA) is 81.7 Å². The summed E-state index contributed by atoms with van der Waals surface area (Å²) in [5.41, 5.74) is 0.932. The van der Waals surface area contributed by atoms with Crippen LogP contribution in [0.1, 0.15) is 30.6 Å². The minimum Gasteiger partial charge on any atom is -0.479 e. The largest absolute Gasteiger partial charge is 0.479 e. The number of halogens is 1. The van der Waals surface area contributed by atoms with E-state index in [0.29, 0.717) is 23.4 Å². The molecule has 0 saturated heterocycles. The normalized spacial score (nSPS) is 11.4. The van der Waals surface area contributed by atoms with E-state index in [1.807, 2.05) is 0 Å². The molecule has 1 atom stereocenters. The lowest BCUT2D eigenvalue weighted by Crippen LogP contribution is -2.28. The fourth-order valence-corrected chi connectivity index (χ4v) is 2.09. The molecule has 0 aliphatic heterocycles. The van der Waals surface area contributed by atoms with Crippen LogP contribution in [0.15, 0.2) is 48.5 Å². The first-order valence-electron chi connectivity index (χ1n) is 8.41. The SMILES string of the molecule is CCC(=O)Nc1ccc(C(=O)COC(=O)[C@H](C)Oc2ccc(F)cc2)cc1. The summed E-state index contributed by atoms with van der Waals surface area (Å²) in [5.74, 6) is -1.32. The second-order valence-corrected chi connectivity index (χ2v) is 5.72. The molecule has 0 saturated carbocycles. The molecule has 7 heteroatoms. The minimum atomic E-state index is -0.949. The summed E-state index contributed by atoms with van der Waals surface area (Å²) >= 11 is 0. The first-order valence-corrected chi connectivity index (χ1v) is 8.41. The molecule has 1 N–H and O–H groups in total. The van der Waals surface area contributed by atoms with Gasteiger partial charge < -0.3 is 14.8 Å². The number of rotatable bonds is 8. The van der Waals surface area contributed by atoms with Gasteiger partial charge >= 0.3 is 5.97 Å². The van der Waals surface area contributed by atoms with Crippen molar-refractivity contribution >= 4 is 23.3 Å². The molecule has 2 rings (SSSR count). The molecular formula is C20H20FNO5. The van der Waals surface area contributed by atoms with Crippen LogP contribution in [0.5, 0.6) is 5.75 Å². The fourth-order valence-electron chi connectivity index (χ4n) is 2.09. The summed E-state index contributed by atoms with van der Waals surface area (Å²) in [6.45, 7) is 2.78. The van der Waals surface area contributed by atoms with E-state index in [1.54, 1.807) is 31.2 Å². The Balaban J connectivity index is 1.84. The standard InChI is InChI=1S/C20H20FNO5/c1-3-19(24)22-16-8-4-14(5-9-16)18(23)12-26-20(25)13(2)27-17-10-6-15(21)7-11-17/h4-11,13H,3,12H2,1-2H3,(H,22,24)/t13-/m0/s1. The van der Waals surface area contributed by atoms with Gasteiger partial charge in [0.1, 0.15) is 11.6 Å². The molecule has 0 bridgehead atoms. The van der Waals surface area contributed by atoms with Crippen LogP contribution in [0.25, 0.3) is 0 Å². The molecule has 0 fully saturated rings. The molecule has 1 amide bonds. The third kappa shape index (κ3) is 6.22. The number of benzene rings is 2. The van der Waals surface area contributed by atoms with Crippen molar-refractivity contribution in [2.24, 2.45) is 0 Å². The number of carbonyl (C=O) groups excluding carboxylic acids is 3. The molecular weight excluding hydrogens is 353 g/mol. The highest BCUT2D eigenvalue weighted by Gasteiger charge is 2.18. The van der Waals surface area contributed by atoms with Gasteiger partial charge in [-0.15, -0.1) is 0 Å². The Kier molecular flexibility index (Phi) is 7.05. The quantitative estimate of drug-likeness (QED) is 0.567. The van der Waals surface area contributed by atoms with Gasteiger partial charge in [-0.25, -0.2) is 9.18 Å². The molecule has 0 aliphatic carbocycles. The summed E-state index contributed by atoms with van der Waals surface area (Å²) in [4.78, 5) is 35.4. The highest BCUT2D eigenvalue weighted by molar-refractivity contribution is 5.99. The number of Topliss-reactive ketones (excluding diaryl/α,β-unsaturated/α-hetero) is 1. The van der Waals surface area contributed by atoms with Gasteiger partial charge in [-0.1, -0.05) is 6.92 Å². The number of anilines is 1. The lowest BCUT2D eigenvalue weighted by Gasteiger charge is -2.13. The van der Waals surface area contributed by atoms with Crippen LogP contribution in [-0.2, 0) is 14.3 Å². The van der Waals surface area contributed by atoms with Gasteiger partial charge in [0.2, 0.25) is 5.91 Å². The Labute approximate surface area is 156 Å². The van der Waals surface area contributed by atoms with E-state index in [4.69, 9.17) is 9.47 Å². The molecule has 0 heterocycles. The van der Waals surface area contributed by atoms with Crippen molar-refractivity contribution in [2.75, 3.05) is 11.9 Å². The van der Waals surface area contributed by atoms with E-state index in [-0.39, 0.29) is 11.7 Å². The molecule has 142 valence electrons. The van der Waals surface area contributed by atoms with Crippen molar-refractivity contribution in [1.29, 1.82) is 0 Å². The third-order valence-corrected chi connectivity index (χ3v) is 3.62. The molecule has 6 nitrogen and oxygen atoms in total. The zero-order valence-electron chi connectivity index (χ0n) is 15.0. The maximum atomic E-state index is 12.9. The number of esters is 1. The summed E-state index contributed by atoms with van der Waals surface area (Å²) < 4.78 is 23.2. The first-order chi connectivity index (χ1) is 12.9.